The number of benzene rings is 1. The fourth-order valence-electron chi connectivity index (χ4n) is 2.19. The third kappa shape index (κ3) is 3.28. The zero-order chi connectivity index (χ0) is 12.3. The van der Waals surface area contributed by atoms with Crippen LogP contribution in [0.2, 0.25) is 0 Å². The summed E-state index contributed by atoms with van der Waals surface area (Å²) in [5.74, 6) is -0.248. The minimum Gasteiger partial charge on any atom is -0.325 e. The van der Waals surface area contributed by atoms with E-state index < -0.39 is 0 Å². The van der Waals surface area contributed by atoms with Crippen LogP contribution in [0.3, 0.4) is 0 Å². The van der Waals surface area contributed by atoms with Crippen LogP contribution in [0, 0.1) is 11.7 Å². The zero-order valence-electron chi connectivity index (χ0n) is 9.51. The van der Waals surface area contributed by atoms with Crippen LogP contribution in [0.25, 0.3) is 0 Å². The molecule has 1 aromatic rings. The fraction of sp³-hybridized carbons (Fsp3) is 0.462. The topological polar surface area (TPSA) is 29.1 Å². The first-order chi connectivity index (χ1) is 8.16. The summed E-state index contributed by atoms with van der Waals surface area (Å²) in [6.45, 7) is 0. The molecule has 2 rings (SSSR count). The van der Waals surface area contributed by atoms with Gasteiger partial charge in [0.15, 0.2) is 0 Å². The van der Waals surface area contributed by atoms with Crippen molar-refractivity contribution in [1.82, 2.24) is 0 Å². The van der Waals surface area contributed by atoms with Gasteiger partial charge >= 0.3 is 0 Å². The predicted octanol–water partition coefficient (Wildman–Crippen LogP) is 4.11. The number of nitrogens with one attached hydrogen (secondary N) is 1. The van der Waals surface area contributed by atoms with Crippen molar-refractivity contribution in [3.8, 4) is 0 Å². The number of hydrogen-bond acceptors (Lipinski definition) is 1. The van der Waals surface area contributed by atoms with Gasteiger partial charge in [0.1, 0.15) is 5.82 Å². The van der Waals surface area contributed by atoms with E-state index in [0.29, 0.717) is 10.2 Å². The molecule has 0 radical (unpaired) electrons. The van der Waals surface area contributed by atoms with Gasteiger partial charge in [-0.15, -0.1) is 0 Å². The van der Waals surface area contributed by atoms with Crippen molar-refractivity contribution in [2.24, 2.45) is 5.92 Å². The van der Waals surface area contributed by atoms with E-state index in [1.54, 1.807) is 6.07 Å². The molecule has 1 amide bonds. The van der Waals surface area contributed by atoms with Crippen molar-refractivity contribution in [2.45, 2.75) is 32.1 Å². The van der Waals surface area contributed by atoms with E-state index in [0.717, 1.165) is 25.7 Å². The van der Waals surface area contributed by atoms with E-state index in [9.17, 15) is 9.18 Å². The molecule has 17 heavy (non-hydrogen) atoms. The molecule has 0 heterocycles. The molecule has 0 bridgehead atoms. The maximum absolute atomic E-state index is 13.1. The first kappa shape index (κ1) is 12.6. The van der Waals surface area contributed by atoms with Gasteiger partial charge in [-0.25, -0.2) is 4.39 Å². The molecule has 1 fully saturated rings. The third-order valence-corrected chi connectivity index (χ3v) is 3.85. The molecule has 0 saturated heterocycles. The van der Waals surface area contributed by atoms with Crippen LogP contribution < -0.4 is 5.32 Å². The summed E-state index contributed by atoms with van der Waals surface area (Å²) in [6.07, 6.45) is 5.33. The van der Waals surface area contributed by atoms with Crippen molar-refractivity contribution in [3.63, 3.8) is 0 Å². The molecular formula is C13H15BrFNO. The normalized spacial score (nSPS) is 16.8. The number of carbonyl (C=O) groups is 1. The molecule has 4 heteroatoms. The molecule has 1 aliphatic rings. The fourth-order valence-corrected chi connectivity index (χ4v) is 2.54. The van der Waals surface area contributed by atoms with Crippen molar-refractivity contribution in [2.75, 3.05) is 5.32 Å². The van der Waals surface area contributed by atoms with Gasteiger partial charge in [0.25, 0.3) is 0 Å². The SMILES string of the molecule is O=C(Nc1cc(F)ccc1Br)C1CCCCC1. The Bertz CT molecular complexity index is 416. The molecule has 0 aromatic heterocycles. The molecular weight excluding hydrogens is 285 g/mol. The van der Waals surface area contributed by atoms with Crippen molar-refractivity contribution >= 4 is 27.5 Å². The lowest BCUT2D eigenvalue weighted by atomic mass is 9.88. The molecule has 0 unspecified atom stereocenters. The van der Waals surface area contributed by atoms with Crippen LogP contribution in [0.4, 0.5) is 10.1 Å². The number of amides is 1. The van der Waals surface area contributed by atoms with Gasteiger partial charge in [0.05, 0.1) is 5.69 Å². The Hall–Kier alpha value is -0.900. The second kappa shape index (κ2) is 5.63. The van der Waals surface area contributed by atoms with Crippen molar-refractivity contribution in [3.05, 3.63) is 28.5 Å². The van der Waals surface area contributed by atoms with Gasteiger partial charge in [-0.1, -0.05) is 19.3 Å². The Morgan fingerprint density at radius 2 is 2.00 bits per heavy atom. The second-order valence-electron chi connectivity index (χ2n) is 4.45. The minimum absolute atomic E-state index is 0.0102. The summed E-state index contributed by atoms with van der Waals surface area (Å²) >= 11 is 3.30. The lowest BCUT2D eigenvalue weighted by Crippen LogP contribution is -2.24. The molecule has 92 valence electrons. The van der Waals surface area contributed by atoms with E-state index in [1.165, 1.54) is 18.6 Å². The van der Waals surface area contributed by atoms with Gasteiger partial charge in [-0.2, -0.15) is 0 Å². The van der Waals surface area contributed by atoms with Crippen LogP contribution in [-0.2, 0) is 4.79 Å². The van der Waals surface area contributed by atoms with Gasteiger partial charge < -0.3 is 5.32 Å². The summed E-state index contributed by atoms with van der Waals surface area (Å²) in [5.41, 5.74) is 0.514. The first-order valence-electron chi connectivity index (χ1n) is 5.93. The van der Waals surface area contributed by atoms with E-state index in [4.69, 9.17) is 0 Å². The van der Waals surface area contributed by atoms with Crippen LogP contribution in [0.15, 0.2) is 22.7 Å². The van der Waals surface area contributed by atoms with E-state index in [1.807, 2.05) is 0 Å². The quantitative estimate of drug-likeness (QED) is 0.875. The molecule has 0 atom stereocenters. The molecule has 0 aliphatic heterocycles. The van der Waals surface area contributed by atoms with Crippen LogP contribution in [-0.4, -0.2) is 5.91 Å². The summed E-state index contributed by atoms with van der Waals surface area (Å²) in [7, 11) is 0. The molecule has 2 nitrogen and oxygen atoms in total. The summed E-state index contributed by atoms with van der Waals surface area (Å²) in [5, 5.41) is 2.79. The standard InChI is InChI=1S/C13H15BrFNO/c14-11-7-6-10(15)8-12(11)16-13(17)9-4-2-1-3-5-9/h6-9H,1-5H2,(H,16,17). The Kier molecular flexibility index (Phi) is 4.15. The monoisotopic (exact) mass is 299 g/mol. The van der Waals surface area contributed by atoms with Crippen LogP contribution in [0.1, 0.15) is 32.1 Å². The highest BCUT2D eigenvalue weighted by Gasteiger charge is 2.21. The largest absolute Gasteiger partial charge is 0.325 e. The van der Waals surface area contributed by atoms with Crippen molar-refractivity contribution < 1.29 is 9.18 Å². The number of rotatable bonds is 2. The van der Waals surface area contributed by atoms with Crippen LogP contribution in [0.5, 0.6) is 0 Å². The summed E-state index contributed by atoms with van der Waals surface area (Å²) in [6, 6.07) is 4.30. The molecule has 1 aliphatic carbocycles. The number of halogens is 2. The highest BCUT2D eigenvalue weighted by molar-refractivity contribution is 9.10. The number of hydrogen-bond donors (Lipinski definition) is 1. The summed E-state index contributed by atoms with van der Waals surface area (Å²) in [4.78, 5) is 12.0. The molecule has 1 aromatic carbocycles. The molecule has 1 saturated carbocycles. The molecule has 0 spiro atoms. The number of carbonyl (C=O) groups excluding carboxylic acids is 1. The average Bonchev–Trinajstić information content (AvgIpc) is 2.35. The van der Waals surface area contributed by atoms with Crippen LogP contribution >= 0.6 is 15.9 Å². The lowest BCUT2D eigenvalue weighted by Gasteiger charge is -2.21. The first-order valence-corrected chi connectivity index (χ1v) is 6.72. The Labute approximate surface area is 109 Å². The second-order valence-corrected chi connectivity index (χ2v) is 5.30. The Morgan fingerprint density at radius 1 is 1.29 bits per heavy atom. The third-order valence-electron chi connectivity index (χ3n) is 3.16. The van der Waals surface area contributed by atoms with Crippen molar-refractivity contribution in [1.29, 1.82) is 0 Å². The van der Waals surface area contributed by atoms with Gasteiger partial charge in [-0.05, 0) is 47.0 Å². The minimum atomic E-state index is -0.341. The lowest BCUT2D eigenvalue weighted by molar-refractivity contribution is -0.120. The zero-order valence-corrected chi connectivity index (χ0v) is 11.1. The summed E-state index contributed by atoms with van der Waals surface area (Å²) < 4.78 is 13.8. The number of anilines is 1. The highest BCUT2D eigenvalue weighted by Crippen LogP contribution is 2.27. The van der Waals surface area contributed by atoms with E-state index >= 15 is 0 Å². The molecule has 1 N–H and O–H groups in total. The Balaban J connectivity index is 2.04. The maximum Gasteiger partial charge on any atom is 0.227 e. The van der Waals surface area contributed by atoms with Gasteiger partial charge in [0.2, 0.25) is 5.91 Å². The van der Waals surface area contributed by atoms with Gasteiger partial charge in [0, 0.05) is 10.4 Å². The maximum atomic E-state index is 13.1. The highest BCUT2D eigenvalue weighted by atomic mass is 79.9. The van der Waals surface area contributed by atoms with E-state index in [2.05, 4.69) is 21.2 Å². The smallest absolute Gasteiger partial charge is 0.227 e. The predicted molar refractivity (Wildman–Crippen MR) is 69.3 cm³/mol. The average molecular weight is 300 g/mol. The Morgan fingerprint density at radius 3 is 2.71 bits per heavy atom. The van der Waals surface area contributed by atoms with Gasteiger partial charge in [-0.3, -0.25) is 4.79 Å². The van der Waals surface area contributed by atoms with E-state index in [-0.39, 0.29) is 17.6 Å².